The maximum atomic E-state index is 11.6. The summed E-state index contributed by atoms with van der Waals surface area (Å²) in [7, 11) is 1.59. The number of ether oxygens (including phenoxy) is 2. The SMILES string of the molecule is COc1ccc(COc2cc(C(N)=O)cc(N)c2NC/C=C/CNC(=O)O)cc1. The van der Waals surface area contributed by atoms with Crippen molar-refractivity contribution in [1.29, 1.82) is 0 Å². The maximum absolute atomic E-state index is 11.6. The van der Waals surface area contributed by atoms with Crippen LogP contribution >= 0.6 is 0 Å². The number of primary amides is 1. The monoisotopic (exact) mass is 400 g/mol. The molecule has 0 aliphatic carbocycles. The highest BCUT2D eigenvalue weighted by molar-refractivity contribution is 5.96. The standard InChI is InChI=1S/C20H24N4O5/c1-28-15-6-4-13(5-7-15)12-29-17-11-14(19(22)25)10-16(21)18(17)23-8-2-3-9-24-20(26)27/h2-7,10-11,23-24H,8-9,12,21H2,1H3,(H2,22,25)(H,26,27)/b3-2+. The van der Waals surface area contributed by atoms with Crippen molar-refractivity contribution in [2.45, 2.75) is 6.61 Å². The van der Waals surface area contributed by atoms with Gasteiger partial charge in [-0.15, -0.1) is 0 Å². The molecule has 0 aliphatic rings. The number of carboxylic acid groups (broad SMARTS) is 1. The normalized spacial score (nSPS) is 10.5. The number of benzene rings is 2. The smallest absolute Gasteiger partial charge is 0.404 e. The molecule has 0 aliphatic heterocycles. The minimum absolute atomic E-state index is 0.188. The number of amides is 2. The van der Waals surface area contributed by atoms with Crippen LogP contribution in [0.3, 0.4) is 0 Å². The third-order valence-corrected chi connectivity index (χ3v) is 3.91. The molecule has 0 heterocycles. The van der Waals surface area contributed by atoms with Crippen molar-refractivity contribution in [2.75, 3.05) is 31.2 Å². The van der Waals surface area contributed by atoms with Gasteiger partial charge < -0.3 is 36.7 Å². The van der Waals surface area contributed by atoms with Gasteiger partial charge in [-0.3, -0.25) is 4.79 Å². The highest BCUT2D eigenvalue weighted by Gasteiger charge is 2.13. The third kappa shape index (κ3) is 6.65. The summed E-state index contributed by atoms with van der Waals surface area (Å²) in [6.07, 6.45) is 2.31. The van der Waals surface area contributed by atoms with Crippen LogP contribution in [0.25, 0.3) is 0 Å². The van der Waals surface area contributed by atoms with Crippen molar-refractivity contribution < 1.29 is 24.2 Å². The van der Waals surface area contributed by atoms with E-state index in [9.17, 15) is 9.59 Å². The van der Waals surface area contributed by atoms with Gasteiger partial charge in [0.25, 0.3) is 0 Å². The van der Waals surface area contributed by atoms with Gasteiger partial charge in [0, 0.05) is 18.7 Å². The van der Waals surface area contributed by atoms with Crippen molar-refractivity contribution in [3.63, 3.8) is 0 Å². The Kier molecular flexibility index (Phi) is 7.72. The summed E-state index contributed by atoms with van der Waals surface area (Å²) in [5.74, 6) is 0.504. The van der Waals surface area contributed by atoms with Crippen LogP contribution in [0.15, 0.2) is 48.6 Å². The van der Waals surface area contributed by atoms with Gasteiger partial charge in [0.2, 0.25) is 5.91 Å². The summed E-state index contributed by atoms with van der Waals surface area (Å²) in [4.78, 5) is 22.0. The van der Waals surface area contributed by atoms with Crippen LogP contribution < -0.4 is 31.6 Å². The van der Waals surface area contributed by atoms with E-state index in [4.69, 9.17) is 26.0 Å². The minimum Gasteiger partial charge on any atom is -0.497 e. The summed E-state index contributed by atoms with van der Waals surface area (Å²) >= 11 is 0. The lowest BCUT2D eigenvalue weighted by Gasteiger charge is -2.16. The molecule has 9 heteroatoms. The number of carbonyl (C=O) groups excluding carboxylic acids is 1. The van der Waals surface area contributed by atoms with Crippen LogP contribution in [0.5, 0.6) is 11.5 Å². The highest BCUT2D eigenvalue weighted by atomic mass is 16.5. The van der Waals surface area contributed by atoms with Gasteiger partial charge in [0.1, 0.15) is 23.8 Å². The molecule has 2 amide bonds. The van der Waals surface area contributed by atoms with Crippen LogP contribution in [-0.2, 0) is 6.61 Å². The lowest BCUT2D eigenvalue weighted by molar-refractivity contribution is 0.0999. The van der Waals surface area contributed by atoms with Crippen LogP contribution in [0, 0.1) is 0 Å². The van der Waals surface area contributed by atoms with Gasteiger partial charge in [-0.1, -0.05) is 24.3 Å². The third-order valence-electron chi connectivity index (χ3n) is 3.91. The molecule has 0 bridgehead atoms. The van der Waals surface area contributed by atoms with Gasteiger partial charge in [-0.05, 0) is 29.8 Å². The molecule has 154 valence electrons. The van der Waals surface area contributed by atoms with E-state index in [1.807, 2.05) is 24.3 Å². The Morgan fingerprint density at radius 1 is 1.14 bits per heavy atom. The van der Waals surface area contributed by atoms with E-state index in [-0.39, 0.29) is 18.7 Å². The van der Waals surface area contributed by atoms with Crippen LogP contribution in [0.2, 0.25) is 0 Å². The van der Waals surface area contributed by atoms with Gasteiger partial charge in [0.15, 0.2) is 0 Å². The number of hydrogen-bond acceptors (Lipinski definition) is 6. The maximum Gasteiger partial charge on any atom is 0.404 e. The van der Waals surface area contributed by atoms with E-state index in [1.54, 1.807) is 19.3 Å². The number of anilines is 2. The number of methoxy groups -OCH3 is 1. The first-order valence-corrected chi connectivity index (χ1v) is 8.75. The summed E-state index contributed by atoms with van der Waals surface area (Å²) < 4.78 is 11.0. The average Bonchev–Trinajstić information content (AvgIpc) is 2.70. The Morgan fingerprint density at radius 3 is 2.45 bits per heavy atom. The summed E-state index contributed by atoms with van der Waals surface area (Å²) in [6, 6.07) is 10.4. The fourth-order valence-corrected chi connectivity index (χ4v) is 2.44. The first kappa shape index (κ1) is 21.4. The largest absolute Gasteiger partial charge is 0.497 e. The van der Waals surface area contributed by atoms with E-state index in [2.05, 4.69) is 10.6 Å². The number of nitrogens with two attached hydrogens (primary N) is 2. The molecule has 2 aromatic rings. The predicted octanol–water partition coefficient (Wildman–Crippen LogP) is 2.19. The molecule has 29 heavy (non-hydrogen) atoms. The average molecular weight is 400 g/mol. The van der Waals surface area contributed by atoms with Crippen molar-refractivity contribution in [3.8, 4) is 11.5 Å². The topological polar surface area (TPSA) is 149 Å². The molecule has 0 saturated carbocycles. The van der Waals surface area contributed by atoms with Gasteiger partial charge in [-0.2, -0.15) is 0 Å². The fraction of sp³-hybridized carbons (Fsp3) is 0.200. The minimum atomic E-state index is -1.09. The van der Waals surface area contributed by atoms with Gasteiger partial charge >= 0.3 is 6.09 Å². The molecule has 0 aromatic heterocycles. The predicted molar refractivity (Wildman–Crippen MR) is 110 cm³/mol. The Labute approximate surface area is 168 Å². The highest BCUT2D eigenvalue weighted by Crippen LogP contribution is 2.33. The van der Waals surface area contributed by atoms with Crippen molar-refractivity contribution in [1.82, 2.24) is 5.32 Å². The van der Waals surface area contributed by atoms with Crippen LogP contribution in [0.4, 0.5) is 16.2 Å². The lowest BCUT2D eigenvalue weighted by atomic mass is 10.1. The number of nitrogen functional groups attached to an aromatic ring is 1. The molecule has 2 rings (SSSR count). The number of nitrogens with one attached hydrogen (secondary N) is 2. The summed E-state index contributed by atoms with van der Waals surface area (Å²) in [5, 5.41) is 13.9. The molecule has 7 N–H and O–H groups in total. The van der Waals surface area contributed by atoms with E-state index < -0.39 is 12.0 Å². The zero-order chi connectivity index (χ0) is 21.2. The molecule has 9 nitrogen and oxygen atoms in total. The van der Waals surface area contributed by atoms with Crippen molar-refractivity contribution in [3.05, 3.63) is 59.7 Å². The number of hydrogen-bond donors (Lipinski definition) is 5. The second-order valence-electron chi connectivity index (χ2n) is 5.98. The van der Waals surface area contributed by atoms with E-state index in [0.29, 0.717) is 23.7 Å². The summed E-state index contributed by atoms with van der Waals surface area (Å²) in [5.41, 5.74) is 13.4. The molecule has 0 radical (unpaired) electrons. The van der Waals surface area contributed by atoms with Gasteiger partial charge in [0.05, 0.1) is 12.8 Å². The second-order valence-corrected chi connectivity index (χ2v) is 5.98. The molecule has 0 fully saturated rings. The van der Waals surface area contributed by atoms with Crippen molar-refractivity contribution in [2.24, 2.45) is 5.73 Å². The Bertz CT molecular complexity index is 881. The summed E-state index contributed by atoms with van der Waals surface area (Å²) in [6.45, 7) is 0.812. The molecule has 0 saturated heterocycles. The molecule has 2 aromatic carbocycles. The Hall–Kier alpha value is -3.88. The molecular formula is C20H24N4O5. The fourth-order valence-electron chi connectivity index (χ4n) is 2.44. The quantitative estimate of drug-likeness (QED) is 0.303. The van der Waals surface area contributed by atoms with E-state index in [1.165, 1.54) is 12.1 Å². The molecular weight excluding hydrogens is 376 g/mol. The first-order valence-electron chi connectivity index (χ1n) is 8.75. The first-order chi connectivity index (χ1) is 13.9. The van der Waals surface area contributed by atoms with E-state index >= 15 is 0 Å². The Morgan fingerprint density at radius 2 is 1.83 bits per heavy atom. The van der Waals surface area contributed by atoms with Crippen molar-refractivity contribution >= 4 is 23.4 Å². The van der Waals surface area contributed by atoms with E-state index in [0.717, 1.165) is 11.3 Å². The number of carbonyl (C=O) groups is 2. The molecule has 0 spiro atoms. The van der Waals surface area contributed by atoms with Gasteiger partial charge in [-0.25, -0.2) is 4.79 Å². The zero-order valence-corrected chi connectivity index (χ0v) is 16.0. The second kappa shape index (κ2) is 10.5. The number of rotatable bonds is 10. The van der Waals surface area contributed by atoms with Crippen LogP contribution in [0.1, 0.15) is 15.9 Å². The molecule has 0 atom stereocenters. The zero-order valence-electron chi connectivity index (χ0n) is 16.0. The Balaban J connectivity index is 2.11. The molecule has 0 unspecified atom stereocenters. The lowest BCUT2D eigenvalue weighted by Crippen LogP contribution is -2.20. The van der Waals surface area contributed by atoms with Crippen LogP contribution in [-0.4, -0.2) is 37.3 Å².